The van der Waals surface area contributed by atoms with E-state index < -0.39 is 65.9 Å². The number of nitrogens with one attached hydrogen (secondary N) is 3. The maximum atomic E-state index is 14.3. The molecule has 1 saturated heterocycles. The first-order chi connectivity index (χ1) is 27.7. The number of aliphatic hydroxyl groups excluding tert-OH is 1. The van der Waals surface area contributed by atoms with E-state index in [1.54, 1.807) is 30.9 Å². The number of hydrogen-bond donors (Lipinski definition) is 4. The van der Waals surface area contributed by atoms with Crippen LogP contribution in [0.15, 0.2) is 78.4 Å². The van der Waals surface area contributed by atoms with Crippen molar-refractivity contribution in [3.63, 3.8) is 0 Å². The van der Waals surface area contributed by atoms with Crippen LogP contribution >= 0.6 is 0 Å². The van der Waals surface area contributed by atoms with Crippen LogP contribution in [-0.4, -0.2) is 100 Å². The normalized spacial score (nSPS) is 27.2. The third-order valence-corrected chi connectivity index (χ3v) is 10.7. The fraction of sp³-hybridized carbons (Fsp3) is 0.556. The average Bonchev–Trinajstić information content (AvgIpc) is 3.20. The summed E-state index contributed by atoms with van der Waals surface area (Å²) in [5.41, 5.74) is 4.57. The molecule has 1 aromatic rings. The summed E-state index contributed by atoms with van der Waals surface area (Å²) in [6.07, 6.45) is 12.4. The van der Waals surface area contributed by atoms with Gasteiger partial charge in [0, 0.05) is 45.0 Å². The monoisotopic (exact) mass is 803 g/mol. The fourth-order valence-corrected chi connectivity index (χ4v) is 6.99. The van der Waals surface area contributed by atoms with E-state index in [1.807, 2.05) is 82.3 Å². The highest BCUT2D eigenvalue weighted by Gasteiger charge is 2.37. The lowest BCUT2D eigenvalue weighted by Crippen LogP contribution is -2.62. The number of hydrogen-bond acceptors (Lipinski definition) is 9. The number of Topliss-reactive ketones (excluding diaryl/α,β-unsaturated/α-hetero) is 1. The molecule has 13 heteroatoms. The molecule has 0 saturated carbocycles. The maximum Gasteiger partial charge on any atom is 0.325 e. The number of ether oxygens (including phenoxy) is 1. The number of nitrogens with zero attached hydrogens (tertiary/aromatic N) is 2. The van der Waals surface area contributed by atoms with Gasteiger partial charge in [-0.1, -0.05) is 87.6 Å². The number of hydrazine groups is 1. The first kappa shape index (κ1) is 47.5. The first-order valence-corrected chi connectivity index (χ1v) is 20.7. The summed E-state index contributed by atoms with van der Waals surface area (Å²) >= 11 is 0. The van der Waals surface area contributed by atoms with Crippen molar-refractivity contribution in [3.05, 3.63) is 84.0 Å². The Labute approximate surface area is 344 Å². The molecule has 2 heterocycles. The number of allylic oxidation sites excluding steroid dienone is 5. The Kier molecular flexibility index (Phi) is 19.8. The van der Waals surface area contributed by atoms with E-state index in [9.17, 15) is 33.9 Å². The van der Waals surface area contributed by atoms with Crippen LogP contribution in [0.3, 0.4) is 0 Å². The second-order valence-corrected chi connectivity index (χ2v) is 15.6. The van der Waals surface area contributed by atoms with Crippen LogP contribution < -0.4 is 16.1 Å². The molecular formula is C45H65N5O8. The quantitative estimate of drug-likeness (QED) is 0.143. The van der Waals surface area contributed by atoms with Crippen LogP contribution in [-0.2, 0) is 39.9 Å². The van der Waals surface area contributed by atoms with Crippen LogP contribution in [0.4, 0.5) is 0 Å². The van der Waals surface area contributed by atoms with Crippen molar-refractivity contribution in [3.8, 4) is 0 Å². The third-order valence-electron chi connectivity index (χ3n) is 10.7. The average molecular weight is 804 g/mol. The molecule has 6 unspecified atom stereocenters. The number of fused-ring (bicyclic) bond motifs is 2. The topological polar surface area (TPSA) is 174 Å². The Morgan fingerprint density at radius 3 is 2.29 bits per heavy atom. The number of carbonyl (C=O) groups is 6. The Balaban J connectivity index is 2.03. The highest BCUT2D eigenvalue weighted by Crippen LogP contribution is 2.23. The molecule has 13 nitrogen and oxygen atoms in total. The summed E-state index contributed by atoms with van der Waals surface area (Å²) in [4.78, 5) is 82.3. The maximum absolute atomic E-state index is 14.3. The highest BCUT2D eigenvalue weighted by atomic mass is 16.5. The van der Waals surface area contributed by atoms with E-state index in [2.05, 4.69) is 16.1 Å². The summed E-state index contributed by atoms with van der Waals surface area (Å²) in [7, 11) is 0. The highest BCUT2D eigenvalue weighted by molar-refractivity contribution is 5.93. The minimum absolute atomic E-state index is 0.0814. The largest absolute Gasteiger partial charge is 0.456 e. The molecule has 1 fully saturated rings. The zero-order chi connectivity index (χ0) is 42.8. The van der Waals surface area contributed by atoms with Crippen molar-refractivity contribution in [1.29, 1.82) is 0 Å². The van der Waals surface area contributed by atoms with Crippen molar-refractivity contribution in [2.24, 2.45) is 17.8 Å². The van der Waals surface area contributed by atoms with Crippen molar-refractivity contribution >= 4 is 35.4 Å². The first-order valence-electron chi connectivity index (χ1n) is 20.7. The number of amides is 4. The van der Waals surface area contributed by atoms with Gasteiger partial charge >= 0.3 is 5.97 Å². The molecule has 1 aromatic carbocycles. The molecule has 7 atom stereocenters. The molecule has 0 radical (unpaired) electrons. The van der Waals surface area contributed by atoms with Crippen molar-refractivity contribution in [2.75, 3.05) is 19.6 Å². The Hall–Kier alpha value is -4.88. The predicted octanol–water partition coefficient (Wildman–Crippen LogP) is 4.52. The van der Waals surface area contributed by atoms with Gasteiger partial charge in [0.15, 0.2) is 0 Å². The van der Waals surface area contributed by atoms with Gasteiger partial charge < -0.3 is 30.2 Å². The second-order valence-electron chi connectivity index (χ2n) is 15.6. The van der Waals surface area contributed by atoms with Crippen molar-refractivity contribution in [1.82, 2.24) is 26.0 Å². The number of ketones is 1. The molecular weight excluding hydrogens is 739 g/mol. The number of cyclic esters (lactones) is 1. The van der Waals surface area contributed by atoms with Crippen LogP contribution in [0.5, 0.6) is 0 Å². The summed E-state index contributed by atoms with van der Waals surface area (Å²) in [5.74, 6) is -4.11. The number of rotatable bonds is 11. The van der Waals surface area contributed by atoms with Gasteiger partial charge in [0.05, 0.1) is 12.0 Å². The minimum atomic E-state index is -1.12. The molecule has 318 valence electrons. The molecule has 2 aliphatic heterocycles. The molecule has 0 aliphatic carbocycles. The lowest BCUT2D eigenvalue weighted by Gasteiger charge is -2.36. The number of likely N-dealkylation sites (N-methyl/N-ethyl adjacent to an activating group) is 1. The second kappa shape index (κ2) is 24.1. The summed E-state index contributed by atoms with van der Waals surface area (Å²) in [6.45, 7) is 13.9. The summed E-state index contributed by atoms with van der Waals surface area (Å²) in [6, 6.07) is 6.27. The number of benzene rings is 1. The predicted molar refractivity (Wildman–Crippen MR) is 224 cm³/mol. The zero-order valence-corrected chi connectivity index (χ0v) is 35.3. The molecule has 58 heavy (non-hydrogen) atoms. The molecule has 0 aromatic heterocycles. The van der Waals surface area contributed by atoms with Crippen LogP contribution in [0.2, 0.25) is 0 Å². The van der Waals surface area contributed by atoms with Crippen LogP contribution in [0.25, 0.3) is 0 Å². The molecule has 4 N–H and O–H groups in total. The molecule has 0 spiro atoms. The molecule has 3 rings (SSSR count). The lowest BCUT2D eigenvalue weighted by molar-refractivity contribution is -0.156. The van der Waals surface area contributed by atoms with Gasteiger partial charge in [0.1, 0.15) is 30.0 Å². The summed E-state index contributed by atoms with van der Waals surface area (Å²) in [5, 5.41) is 18.6. The van der Waals surface area contributed by atoms with Crippen LogP contribution in [0.1, 0.15) is 92.6 Å². The Bertz CT molecular complexity index is 1670. The zero-order valence-electron chi connectivity index (χ0n) is 35.3. The van der Waals surface area contributed by atoms with Gasteiger partial charge in [-0.2, -0.15) is 0 Å². The SMILES string of the molecule is CCN(CC)C(=O)/C=C/C=C(\C)[C@@H]1C/C=C/C=C/CC(C)C(O)C(CCC(C)=O)C(=O)NC(C(C)C)C(=O)NC(Cc2ccccc2)C(=O)N2CCCC(N2)C(=O)O1. The van der Waals surface area contributed by atoms with Gasteiger partial charge in [0.2, 0.25) is 17.7 Å². The van der Waals surface area contributed by atoms with E-state index >= 15 is 0 Å². The summed E-state index contributed by atoms with van der Waals surface area (Å²) < 4.78 is 6.09. The fourth-order valence-electron chi connectivity index (χ4n) is 6.99. The van der Waals surface area contributed by atoms with Crippen molar-refractivity contribution < 1.29 is 38.6 Å². The molecule has 2 aliphatic rings. The lowest BCUT2D eigenvalue weighted by atomic mass is 9.85. The van der Waals surface area contributed by atoms with Crippen LogP contribution in [0, 0.1) is 17.8 Å². The van der Waals surface area contributed by atoms with Gasteiger partial charge in [0.25, 0.3) is 5.91 Å². The van der Waals surface area contributed by atoms with E-state index in [0.717, 1.165) is 5.56 Å². The van der Waals surface area contributed by atoms with Gasteiger partial charge in [-0.05, 0) is 76.4 Å². The third kappa shape index (κ3) is 14.8. The van der Waals surface area contributed by atoms with E-state index in [-0.39, 0.29) is 43.4 Å². The number of carbonyl (C=O) groups excluding carboxylic acids is 6. The van der Waals surface area contributed by atoms with Gasteiger partial charge in [-0.3, -0.25) is 29.0 Å². The van der Waals surface area contributed by atoms with E-state index in [4.69, 9.17) is 4.74 Å². The van der Waals surface area contributed by atoms with Gasteiger partial charge in [-0.25, -0.2) is 5.43 Å². The van der Waals surface area contributed by atoms with E-state index in [1.165, 1.54) is 18.0 Å². The molecule has 4 amide bonds. The standard InChI is InChI=1S/C45H65N5O8/c1-8-49(9-2)39(52)25-17-20-31(5)38-24-16-11-10-13-19-32(6)41(53)35(27-26-33(7)51)42(54)47-40(30(3)4)43(55)46-37(29-34-21-14-12-15-22-34)44(56)50-28-18-23-36(48-50)45(57)58-38/h10-17,20-22,25,30,32,35-38,40-41,48,53H,8-9,18-19,23-24,26-29H2,1-7H3,(H,46,55)(H,47,54)/b13-10+,16-11+,25-17+,31-20+/t32?,35?,36?,37?,38-,40?,41?/m0/s1. The van der Waals surface area contributed by atoms with Gasteiger partial charge in [-0.15, -0.1) is 0 Å². The molecule has 2 bridgehead atoms. The van der Waals surface area contributed by atoms with E-state index in [0.29, 0.717) is 44.3 Å². The smallest absolute Gasteiger partial charge is 0.325 e. The van der Waals surface area contributed by atoms with Crippen molar-refractivity contribution in [2.45, 2.75) is 124 Å². The Morgan fingerprint density at radius 2 is 1.66 bits per heavy atom. The Morgan fingerprint density at radius 1 is 0.983 bits per heavy atom. The number of esters is 1. The number of aliphatic hydroxyl groups is 1. The minimum Gasteiger partial charge on any atom is -0.456 e.